The molecule has 0 saturated carbocycles. The summed E-state index contributed by atoms with van der Waals surface area (Å²) in [6.45, 7) is 1.82. The van der Waals surface area contributed by atoms with Crippen molar-refractivity contribution in [1.29, 1.82) is 0 Å². The molecule has 0 fully saturated rings. The van der Waals surface area contributed by atoms with Crippen LogP contribution in [-0.4, -0.2) is 16.7 Å². The number of Topliss-reactive ketones (excluding diaryl/α,β-unsaturated/α-hetero) is 1. The monoisotopic (exact) mass is 396 g/mol. The molecule has 28 heavy (non-hydrogen) atoms. The summed E-state index contributed by atoms with van der Waals surface area (Å²) < 4.78 is 5.40. The molecular weight excluding hydrogens is 380 g/mol. The van der Waals surface area contributed by atoms with Crippen LogP contribution in [0.25, 0.3) is 0 Å². The van der Waals surface area contributed by atoms with Crippen molar-refractivity contribution in [3.05, 3.63) is 86.2 Å². The van der Waals surface area contributed by atoms with Gasteiger partial charge in [0.15, 0.2) is 5.78 Å². The zero-order chi connectivity index (χ0) is 19.8. The number of furan rings is 1. The molecular formula is C21H17ClN2O4. The largest absolute Gasteiger partial charge is 0.469 e. The number of aromatic amines is 1. The fourth-order valence-corrected chi connectivity index (χ4v) is 3.61. The quantitative estimate of drug-likeness (QED) is 0.697. The minimum atomic E-state index is -0.588. The van der Waals surface area contributed by atoms with Crippen molar-refractivity contribution in [3.8, 4) is 0 Å². The highest BCUT2D eigenvalue weighted by Gasteiger charge is 2.30. The first-order chi connectivity index (χ1) is 13.4. The number of benzene rings is 1. The van der Waals surface area contributed by atoms with Crippen molar-refractivity contribution in [2.24, 2.45) is 0 Å². The molecule has 2 heterocycles. The zero-order valence-electron chi connectivity index (χ0n) is 15.0. The number of anilines is 1. The van der Waals surface area contributed by atoms with E-state index < -0.39 is 11.5 Å². The molecule has 1 aromatic carbocycles. The van der Waals surface area contributed by atoms with E-state index in [-0.39, 0.29) is 23.7 Å². The molecule has 1 amide bonds. The van der Waals surface area contributed by atoms with Gasteiger partial charge in [0.25, 0.3) is 11.5 Å². The number of H-pyrrole nitrogens is 1. The SMILES string of the molecule is Cc1ccc(Cl)cc1NC(=O)c1cc2c([nH]c1=O)CC(c1ccco1)CC2=O. The Hall–Kier alpha value is -3.12. The Labute approximate surface area is 165 Å². The number of carbonyl (C=O) groups excluding carboxylic acids is 2. The number of aromatic nitrogens is 1. The van der Waals surface area contributed by atoms with Gasteiger partial charge < -0.3 is 14.7 Å². The van der Waals surface area contributed by atoms with Crippen LogP contribution in [0.1, 0.15) is 50.1 Å². The number of aryl methyl sites for hydroxylation is 1. The topological polar surface area (TPSA) is 92.2 Å². The average Bonchev–Trinajstić information content (AvgIpc) is 3.18. The van der Waals surface area contributed by atoms with Gasteiger partial charge in [-0.05, 0) is 49.2 Å². The van der Waals surface area contributed by atoms with Gasteiger partial charge in [-0.15, -0.1) is 0 Å². The van der Waals surface area contributed by atoms with Gasteiger partial charge in [-0.25, -0.2) is 0 Å². The first kappa shape index (κ1) is 18.3. The first-order valence-electron chi connectivity index (χ1n) is 8.82. The Morgan fingerprint density at radius 3 is 2.79 bits per heavy atom. The second-order valence-corrected chi connectivity index (χ2v) is 7.30. The molecule has 0 spiro atoms. The highest BCUT2D eigenvalue weighted by Crippen LogP contribution is 2.32. The number of nitrogens with one attached hydrogen (secondary N) is 2. The number of hydrogen-bond acceptors (Lipinski definition) is 4. The molecule has 1 aliphatic carbocycles. The zero-order valence-corrected chi connectivity index (χ0v) is 15.8. The summed E-state index contributed by atoms with van der Waals surface area (Å²) in [6.07, 6.45) is 2.30. The van der Waals surface area contributed by atoms with E-state index in [9.17, 15) is 14.4 Å². The first-order valence-corrected chi connectivity index (χ1v) is 9.20. The summed E-state index contributed by atoms with van der Waals surface area (Å²) >= 11 is 5.98. The molecule has 0 aliphatic heterocycles. The van der Waals surface area contributed by atoms with Crippen molar-refractivity contribution < 1.29 is 14.0 Å². The number of pyridine rings is 1. The molecule has 2 aromatic heterocycles. The van der Waals surface area contributed by atoms with Crippen LogP contribution >= 0.6 is 11.6 Å². The normalized spacial score (nSPS) is 15.9. The van der Waals surface area contributed by atoms with Crippen molar-refractivity contribution in [1.82, 2.24) is 4.98 Å². The summed E-state index contributed by atoms with van der Waals surface area (Å²) in [4.78, 5) is 40.5. The maximum atomic E-state index is 12.6. The molecule has 2 N–H and O–H groups in total. The highest BCUT2D eigenvalue weighted by atomic mass is 35.5. The van der Waals surface area contributed by atoms with E-state index in [0.717, 1.165) is 5.56 Å². The number of hydrogen-bond donors (Lipinski definition) is 2. The van der Waals surface area contributed by atoms with Crippen LogP contribution in [0, 0.1) is 6.92 Å². The lowest BCUT2D eigenvalue weighted by Crippen LogP contribution is -2.29. The fraction of sp³-hybridized carbons (Fsp3) is 0.190. The average molecular weight is 397 g/mol. The van der Waals surface area contributed by atoms with Gasteiger partial charge in [0, 0.05) is 34.3 Å². The van der Waals surface area contributed by atoms with Gasteiger partial charge in [-0.2, -0.15) is 0 Å². The molecule has 1 aliphatic rings. The Morgan fingerprint density at radius 1 is 1.21 bits per heavy atom. The molecule has 142 valence electrons. The highest BCUT2D eigenvalue weighted by molar-refractivity contribution is 6.31. The van der Waals surface area contributed by atoms with Crippen LogP contribution in [0.4, 0.5) is 5.69 Å². The second kappa shape index (κ2) is 7.13. The van der Waals surface area contributed by atoms with E-state index in [2.05, 4.69) is 10.3 Å². The Bertz CT molecular complexity index is 1130. The van der Waals surface area contributed by atoms with Crippen LogP contribution in [-0.2, 0) is 6.42 Å². The van der Waals surface area contributed by atoms with E-state index in [0.29, 0.717) is 34.1 Å². The van der Waals surface area contributed by atoms with Crippen LogP contribution < -0.4 is 10.9 Å². The van der Waals surface area contributed by atoms with Crippen molar-refractivity contribution >= 4 is 29.0 Å². The van der Waals surface area contributed by atoms with E-state index in [1.165, 1.54) is 6.07 Å². The summed E-state index contributed by atoms with van der Waals surface area (Å²) in [5.74, 6) is -0.139. The summed E-state index contributed by atoms with van der Waals surface area (Å²) in [5.41, 5.74) is 1.57. The van der Waals surface area contributed by atoms with E-state index in [1.807, 2.05) is 13.0 Å². The predicted molar refractivity (Wildman–Crippen MR) is 105 cm³/mol. The van der Waals surface area contributed by atoms with Crippen molar-refractivity contribution in [2.45, 2.75) is 25.7 Å². The maximum absolute atomic E-state index is 12.6. The minimum Gasteiger partial charge on any atom is -0.469 e. The fourth-order valence-electron chi connectivity index (χ4n) is 3.44. The van der Waals surface area contributed by atoms with Gasteiger partial charge >= 0.3 is 0 Å². The standard InChI is InChI=1S/C21H17ClN2O4/c1-11-4-5-13(22)9-16(11)23-20(26)15-10-14-17(24-21(15)27)7-12(8-18(14)25)19-3-2-6-28-19/h2-6,9-10,12H,7-8H2,1H3,(H,23,26)(H,24,27). The summed E-state index contributed by atoms with van der Waals surface area (Å²) in [5, 5.41) is 3.16. The Kier molecular flexibility index (Phi) is 4.65. The molecule has 3 aromatic rings. The number of amides is 1. The lowest BCUT2D eigenvalue weighted by Gasteiger charge is -2.22. The van der Waals surface area contributed by atoms with E-state index in [1.54, 1.807) is 30.5 Å². The molecule has 1 unspecified atom stereocenters. The molecule has 6 nitrogen and oxygen atoms in total. The molecule has 0 radical (unpaired) electrons. The van der Waals surface area contributed by atoms with Gasteiger partial charge in [-0.3, -0.25) is 14.4 Å². The number of rotatable bonds is 3. The van der Waals surface area contributed by atoms with Crippen LogP contribution in [0.5, 0.6) is 0 Å². The molecule has 0 saturated heterocycles. The lowest BCUT2D eigenvalue weighted by atomic mass is 9.84. The third-order valence-electron chi connectivity index (χ3n) is 4.94. The van der Waals surface area contributed by atoms with Crippen molar-refractivity contribution in [2.75, 3.05) is 5.32 Å². The molecule has 1 atom stereocenters. The summed E-state index contributed by atoms with van der Waals surface area (Å²) in [6, 6.07) is 10.1. The lowest BCUT2D eigenvalue weighted by molar-refractivity contribution is 0.0959. The van der Waals surface area contributed by atoms with Crippen LogP contribution in [0.2, 0.25) is 5.02 Å². The van der Waals surface area contributed by atoms with Gasteiger partial charge in [0.05, 0.1) is 6.26 Å². The molecule has 0 bridgehead atoms. The summed E-state index contributed by atoms with van der Waals surface area (Å²) in [7, 11) is 0. The minimum absolute atomic E-state index is 0.108. The predicted octanol–water partition coefficient (Wildman–Crippen LogP) is 4.09. The molecule has 4 rings (SSSR count). The second-order valence-electron chi connectivity index (χ2n) is 6.86. The van der Waals surface area contributed by atoms with E-state index >= 15 is 0 Å². The third kappa shape index (κ3) is 3.39. The van der Waals surface area contributed by atoms with Crippen LogP contribution in [0.15, 0.2) is 51.9 Å². The number of fused-ring (bicyclic) bond motifs is 1. The van der Waals surface area contributed by atoms with Gasteiger partial charge in [0.1, 0.15) is 11.3 Å². The Morgan fingerprint density at radius 2 is 2.04 bits per heavy atom. The smallest absolute Gasteiger partial charge is 0.261 e. The van der Waals surface area contributed by atoms with Gasteiger partial charge in [-0.1, -0.05) is 17.7 Å². The number of halogens is 1. The number of carbonyl (C=O) groups is 2. The van der Waals surface area contributed by atoms with Gasteiger partial charge in [0.2, 0.25) is 0 Å². The maximum Gasteiger partial charge on any atom is 0.261 e. The molecule has 7 heteroatoms. The van der Waals surface area contributed by atoms with Crippen LogP contribution in [0.3, 0.4) is 0 Å². The number of ketones is 1. The Balaban J connectivity index is 1.65. The van der Waals surface area contributed by atoms with Crippen molar-refractivity contribution in [3.63, 3.8) is 0 Å². The third-order valence-corrected chi connectivity index (χ3v) is 5.18. The van der Waals surface area contributed by atoms with E-state index in [4.69, 9.17) is 16.0 Å².